The Bertz CT molecular complexity index is 181. The summed E-state index contributed by atoms with van der Waals surface area (Å²) in [4.78, 5) is 0. The lowest BCUT2D eigenvalue weighted by molar-refractivity contribution is 0.882. The average Bonchev–Trinajstić information content (AvgIpc) is 2.05. The molecule has 1 aromatic carbocycles. The summed E-state index contributed by atoms with van der Waals surface area (Å²) in [6.07, 6.45) is 1.23. The molecule has 1 unspecified atom stereocenters. The van der Waals surface area contributed by atoms with E-state index in [-0.39, 0.29) is 0 Å². The van der Waals surface area contributed by atoms with Crippen LogP contribution in [0.15, 0.2) is 30.3 Å². The van der Waals surface area contributed by atoms with Crippen LogP contribution in [-0.2, 0) is 0 Å². The molecular formula is C9H13B. The van der Waals surface area contributed by atoms with Gasteiger partial charge in [0.15, 0.2) is 0 Å². The fourth-order valence-corrected chi connectivity index (χ4v) is 1.02. The smallest absolute Gasteiger partial charge is 0.0655 e. The summed E-state index contributed by atoms with van der Waals surface area (Å²) in [6, 6.07) is 10.6. The number of benzene rings is 1. The predicted molar refractivity (Wildman–Crippen MR) is 48.0 cm³/mol. The van der Waals surface area contributed by atoms with E-state index >= 15 is 0 Å². The van der Waals surface area contributed by atoms with Gasteiger partial charge in [-0.2, -0.15) is 0 Å². The zero-order valence-electron chi connectivity index (χ0n) is 6.67. The highest BCUT2D eigenvalue weighted by Gasteiger charge is 1.99. The molecule has 0 radical (unpaired) electrons. The van der Waals surface area contributed by atoms with Crippen LogP contribution in [0.1, 0.15) is 24.7 Å². The third kappa shape index (κ3) is 1.63. The normalized spacial score (nSPS) is 12.9. The van der Waals surface area contributed by atoms with Crippen LogP contribution in [0, 0.1) is 0 Å². The quantitative estimate of drug-likeness (QED) is 0.538. The molecule has 0 aliphatic heterocycles. The van der Waals surface area contributed by atoms with Crippen LogP contribution >= 0.6 is 0 Å². The third-order valence-electron chi connectivity index (χ3n) is 1.98. The minimum absolute atomic E-state index is 0.709. The second-order valence-electron chi connectivity index (χ2n) is 2.72. The Morgan fingerprint density at radius 2 is 1.90 bits per heavy atom. The first-order chi connectivity index (χ1) is 4.84. The Kier molecular flexibility index (Phi) is 2.55. The molecule has 1 heteroatoms. The Hall–Kier alpha value is -0.715. The lowest BCUT2D eigenvalue weighted by atomic mass is 9.79. The van der Waals surface area contributed by atoms with E-state index in [1.54, 1.807) is 0 Å². The van der Waals surface area contributed by atoms with E-state index in [0.29, 0.717) is 5.82 Å². The molecule has 1 atom stereocenters. The first-order valence-electron chi connectivity index (χ1n) is 3.89. The van der Waals surface area contributed by atoms with Gasteiger partial charge in [-0.05, 0) is 5.82 Å². The summed E-state index contributed by atoms with van der Waals surface area (Å²) in [7, 11) is 2.26. The van der Waals surface area contributed by atoms with Crippen LogP contribution in [0.25, 0.3) is 0 Å². The van der Waals surface area contributed by atoms with E-state index in [1.165, 1.54) is 12.0 Å². The summed E-state index contributed by atoms with van der Waals surface area (Å²) in [5.74, 6) is 0.709. The van der Waals surface area contributed by atoms with Crippen molar-refractivity contribution >= 4 is 7.85 Å². The first-order valence-corrected chi connectivity index (χ1v) is 3.89. The molecule has 0 nitrogen and oxygen atoms in total. The number of hydrogen-bond donors (Lipinski definition) is 0. The molecule has 52 valence electrons. The van der Waals surface area contributed by atoms with Crippen molar-refractivity contribution in [3.05, 3.63) is 35.9 Å². The molecule has 0 fully saturated rings. The molecule has 10 heavy (non-hydrogen) atoms. The summed E-state index contributed by atoms with van der Waals surface area (Å²) >= 11 is 0. The molecule has 0 heterocycles. The van der Waals surface area contributed by atoms with Gasteiger partial charge in [0.25, 0.3) is 0 Å². The van der Waals surface area contributed by atoms with Gasteiger partial charge >= 0.3 is 0 Å². The Labute approximate surface area is 63.7 Å². The minimum atomic E-state index is 0.709. The lowest BCUT2D eigenvalue weighted by Crippen LogP contribution is -1.94. The van der Waals surface area contributed by atoms with E-state index in [2.05, 4.69) is 45.1 Å². The highest BCUT2D eigenvalue weighted by molar-refractivity contribution is 6.12. The standard InChI is InChI=1S/C9H13B/c1-2-9(10)8-6-4-3-5-7-8/h3-7,9H,2,10H2,1H3. The highest BCUT2D eigenvalue weighted by Crippen LogP contribution is 2.13. The van der Waals surface area contributed by atoms with Crippen molar-refractivity contribution in [2.75, 3.05) is 0 Å². The van der Waals surface area contributed by atoms with Gasteiger partial charge in [0.2, 0.25) is 0 Å². The lowest BCUT2D eigenvalue weighted by Gasteiger charge is -2.06. The van der Waals surface area contributed by atoms with Gasteiger partial charge in [0.1, 0.15) is 7.85 Å². The molecule has 1 aromatic rings. The van der Waals surface area contributed by atoms with E-state index in [1.807, 2.05) is 0 Å². The van der Waals surface area contributed by atoms with Gasteiger partial charge in [-0.1, -0.05) is 49.2 Å². The molecule has 0 saturated heterocycles. The van der Waals surface area contributed by atoms with Crippen molar-refractivity contribution < 1.29 is 0 Å². The van der Waals surface area contributed by atoms with E-state index in [0.717, 1.165) is 0 Å². The van der Waals surface area contributed by atoms with Gasteiger partial charge in [-0.3, -0.25) is 0 Å². The maximum atomic E-state index is 2.26. The number of hydrogen-bond acceptors (Lipinski definition) is 0. The van der Waals surface area contributed by atoms with Crippen LogP contribution in [0.2, 0.25) is 0 Å². The fraction of sp³-hybridized carbons (Fsp3) is 0.333. The van der Waals surface area contributed by atoms with Crippen molar-refractivity contribution in [1.29, 1.82) is 0 Å². The molecule has 0 aliphatic carbocycles. The van der Waals surface area contributed by atoms with Crippen molar-refractivity contribution in [2.45, 2.75) is 19.2 Å². The predicted octanol–water partition coefficient (Wildman–Crippen LogP) is 1.77. The Balaban J connectivity index is 2.75. The Morgan fingerprint density at radius 3 is 2.40 bits per heavy atom. The summed E-state index contributed by atoms with van der Waals surface area (Å²) < 4.78 is 0. The third-order valence-corrected chi connectivity index (χ3v) is 1.98. The second kappa shape index (κ2) is 3.45. The maximum absolute atomic E-state index is 2.26. The highest BCUT2D eigenvalue weighted by atomic mass is 14.0. The molecule has 0 saturated carbocycles. The van der Waals surface area contributed by atoms with Crippen molar-refractivity contribution in [3.63, 3.8) is 0 Å². The van der Waals surface area contributed by atoms with Gasteiger partial charge in [0.05, 0.1) is 0 Å². The monoisotopic (exact) mass is 132 g/mol. The van der Waals surface area contributed by atoms with Crippen LogP contribution in [-0.4, -0.2) is 7.85 Å². The van der Waals surface area contributed by atoms with Crippen LogP contribution in [0.3, 0.4) is 0 Å². The van der Waals surface area contributed by atoms with Crippen molar-refractivity contribution in [2.24, 2.45) is 0 Å². The van der Waals surface area contributed by atoms with Crippen molar-refractivity contribution in [3.8, 4) is 0 Å². The summed E-state index contributed by atoms with van der Waals surface area (Å²) in [5, 5.41) is 0. The largest absolute Gasteiger partial charge is 0.111 e. The molecule has 0 amide bonds. The molecule has 0 spiro atoms. The molecule has 0 N–H and O–H groups in total. The molecule has 0 aliphatic rings. The molecule has 1 rings (SSSR count). The molecular weight excluding hydrogens is 119 g/mol. The van der Waals surface area contributed by atoms with Crippen LogP contribution in [0.4, 0.5) is 0 Å². The van der Waals surface area contributed by atoms with E-state index < -0.39 is 0 Å². The molecule has 0 aromatic heterocycles. The van der Waals surface area contributed by atoms with Gasteiger partial charge < -0.3 is 0 Å². The van der Waals surface area contributed by atoms with Gasteiger partial charge in [-0.15, -0.1) is 0 Å². The zero-order valence-corrected chi connectivity index (χ0v) is 6.67. The van der Waals surface area contributed by atoms with Gasteiger partial charge in [0, 0.05) is 0 Å². The fourth-order valence-electron chi connectivity index (χ4n) is 1.02. The van der Waals surface area contributed by atoms with E-state index in [4.69, 9.17) is 0 Å². The topological polar surface area (TPSA) is 0 Å². The zero-order chi connectivity index (χ0) is 7.40. The maximum Gasteiger partial charge on any atom is 0.111 e. The number of rotatable bonds is 2. The average molecular weight is 132 g/mol. The first kappa shape index (κ1) is 7.39. The van der Waals surface area contributed by atoms with Crippen LogP contribution < -0.4 is 0 Å². The SMILES string of the molecule is BC(CC)c1ccccc1. The Morgan fingerprint density at radius 1 is 1.30 bits per heavy atom. The summed E-state index contributed by atoms with van der Waals surface area (Å²) in [5.41, 5.74) is 1.45. The van der Waals surface area contributed by atoms with Crippen molar-refractivity contribution in [1.82, 2.24) is 0 Å². The second-order valence-corrected chi connectivity index (χ2v) is 2.72. The summed E-state index contributed by atoms with van der Waals surface area (Å²) in [6.45, 7) is 2.22. The van der Waals surface area contributed by atoms with Gasteiger partial charge in [-0.25, -0.2) is 0 Å². The molecule has 0 bridgehead atoms. The minimum Gasteiger partial charge on any atom is -0.0655 e. The van der Waals surface area contributed by atoms with Crippen LogP contribution in [0.5, 0.6) is 0 Å². The van der Waals surface area contributed by atoms with E-state index in [9.17, 15) is 0 Å².